The molecule has 0 saturated carbocycles. The average Bonchev–Trinajstić information content (AvgIpc) is 2.74. The fourth-order valence-corrected chi connectivity index (χ4v) is 1.98. The van der Waals surface area contributed by atoms with Crippen LogP contribution in [0.25, 0.3) is 6.08 Å². The second kappa shape index (κ2) is 6.35. The maximum atomic E-state index is 11.9. The Morgan fingerprint density at radius 1 is 1.33 bits per heavy atom. The van der Waals surface area contributed by atoms with Crippen molar-refractivity contribution in [2.75, 3.05) is 0 Å². The molecule has 0 saturated heterocycles. The maximum Gasteiger partial charge on any atom is 0.328 e. The van der Waals surface area contributed by atoms with Gasteiger partial charge in [0.1, 0.15) is 0 Å². The molecular weight excluding hydrogens is 250 g/mol. The van der Waals surface area contributed by atoms with Gasteiger partial charge < -0.3 is 10.4 Å². The van der Waals surface area contributed by atoms with Gasteiger partial charge >= 0.3 is 5.97 Å². The van der Waals surface area contributed by atoms with Gasteiger partial charge in [0.05, 0.1) is 4.88 Å². The first-order chi connectivity index (χ1) is 8.40. The summed E-state index contributed by atoms with van der Waals surface area (Å²) in [6.07, 6.45) is 2.54. The van der Waals surface area contributed by atoms with E-state index in [1.807, 2.05) is 20.8 Å². The van der Waals surface area contributed by atoms with E-state index in [1.165, 1.54) is 17.4 Å². The van der Waals surface area contributed by atoms with Gasteiger partial charge in [0.2, 0.25) is 0 Å². The van der Waals surface area contributed by atoms with Crippen LogP contribution in [0, 0.1) is 5.92 Å². The number of aliphatic carboxylic acids is 1. The number of carboxylic acid groups (broad SMARTS) is 1. The molecular formula is C13H17NO3S. The van der Waals surface area contributed by atoms with E-state index in [-0.39, 0.29) is 11.9 Å². The van der Waals surface area contributed by atoms with Crippen molar-refractivity contribution in [3.63, 3.8) is 0 Å². The molecule has 4 nitrogen and oxygen atoms in total. The molecule has 0 aliphatic rings. The zero-order valence-electron chi connectivity index (χ0n) is 10.6. The van der Waals surface area contributed by atoms with E-state index < -0.39 is 5.97 Å². The SMILES string of the molecule is CC(C)C(C)NC(=O)c1ccc(/C=C/C(=O)O)s1. The highest BCUT2D eigenvalue weighted by atomic mass is 32.1. The molecule has 2 N–H and O–H groups in total. The predicted octanol–water partition coefficient (Wildman–Crippen LogP) is 2.62. The molecule has 98 valence electrons. The number of nitrogens with one attached hydrogen (secondary N) is 1. The van der Waals surface area contributed by atoms with Crippen molar-refractivity contribution in [2.24, 2.45) is 5.92 Å². The Morgan fingerprint density at radius 2 is 2.00 bits per heavy atom. The molecule has 1 heterocycles. The zero-order chi connectivity index (χ0) is 13.7. The summed E-state index contributed by atoms with van der Waals surface area (Å²) < 4.78 is 0. The maximum absolute atomic E-state index is 11.9. The third-order valence-corrected chi connectivity index (χ3v) is 3.65. The molecule has 5 heteroatoms. The fourth-order valence-electron chi connectivity index (χ4n) is 1.16. The Morgan fingerprint density at radius 3 is 2.56 bits per heavy atom. The zero-order valence-corrected chi connectivity index (χ0v) is 11.5. The summed E-state index contributed by atoms with van der Waals surface area (Å²) in [5.74, 6) is -0.737. The molecule has 1 atom stereocenters. The van der Waals surface area contributed by atoms with E-state index in [4.69, 9.17) is 5.11 Å². The van der Waals surface area contributed by atoms with E-state index >= 15 is 0 Å². The molecule has 1 rings (SSSR count). The lowest BCUT2D eigenvalue weighted by Gasteiger charge is -2.16. The second-order valence-corrected chi connectivity index (χ2v) is 5.50. The molecule has 1 unspecified atom stereocenters. The lowest BCUT2D eigenvalue weighted by molar-refractivity contribution is -0.131. The topological polar surface area (TPSA) is 66.4 Å². The molecule has 0 aliphatic carbocycles. The van der Waals surface area contributed by atoms with Crippen molar-refractivity contribution < 1.29 is 14.7 Å². The summed E-state index contributed by atoms with van der Waals surface area (Å²) in [7, 11) is 0. The molecule has 18 heavy (non-hydrogen) atoms. The van der Waals surface area contributed by atoms with Crippen molar-refractivity contribution in [3.05, 3.63) is 28.0 Å². The number of carboxylic acids is 1. The first kappa shape index (κ1) is 14.4. The molecule has 0 bridgehead atoms. The quantitative estimate of drug-likeness (QED) is 0.806. The molecule has 0 aromatic carbocycles. The highest BCUT2D eigenvalue weighted by Gasteiger charge is 2.13. The van der Waals surface area contributed by atoms with Crippen LogP contribution in [0.15, 0.2) is 18.2 Å². The van der Waals surface area contributed by atoms with Crippen LogP contribution in [-0.4, -0.2) is 23.0 Å². The first-order valence-corrected chi connectivity index (χ1v) is 6.53. The van der Waals surface area contributed by atoms with E-state index in [0.29, 0.717) is 10.8 Å². The van der Waals surface area contributed by atoms with Gasteiger partial charge in [0, 0.05) is 17.0 Å². The average molecular weight is 267 g/mol. The number of amides is 1. The van der Waals surface area contributed by atoms with E-state index in [9.17, 15) is 9.59 Å². The lowest BCUT2D eigenvalue weighted by Crippen LogP contribution is -2.35. The summed E-state index contributed by atoms with van der Waals surface area (Å²) in [5, 5.41) is 11.4. The highest BCUT2D eigenvalue weighted by molar-refractivity contribution is 7.14. The summed E-state index contributed by atoms with van der Waals surface area (Å²) in [4.78, 5) is 23.6. The largest absolute Gasteiger partial charge is 0.478 e. The number of hydrogen-bond acceptors (Lipinski definition) is 3. The number of rotatable bonds is 5. The van der Waals surface area contributed by atoms with Crippen LogP contribution in [0.3, 0.4) is 0 Å². The van der Waals surface area contributed by atoms with Crippen LogP contribution in [-0.2, 0) is 4.79 Å². The van der Waals surface area contributed by atoms with Crippen molar-refractivity contribution in [1.29, 1.82) is 0 Å². The number of carbonyl (C=O) groups is 2. The molecule has 0 radical (unpaired) electrons. The minimum absolute atomic E-state index is 0.109. The van der Waals surface area contributed by atoms with Crippen molar-refractivity contribution in [3.8, 4) is 0 Å². The van der Waals surface area contributed by atoms with Crippen LogP contribution in [0.5, 0.6) is 0 Å². The van der Waals surface area contributed by atoms with Gasteiger partial charge in [-0.05, 0) is 31.1 Å². The minimum Gasteiger partial charge on any atom is -0.478 e. The van der Waals surface area contributed by atoms with Gasteiger partial charge in [0.25, 0.3) is 5.91 Å². The summed E-state index contributed by atoms with van der Waals surface area (Å²) in [6, 6.07) is 3.55. The highest BCUT2D eigenvalue weighted by Crippen LogP contribution is 2.18. The molecule has 0 aliphatic heterocycles. The Kier molecular flexibility index (Phi) is 5.09. The predicted molar refractivity (Wildman–Crippen MR) is 72.8 cm³/mol. The Bertz CT molecular complexity index is 463. The minimum atomic E-state index is -0.997. The van der Waals surface area contributed by atoms with Gasteiger partial charge in [-0.25, -0.2) is 4.79 Å². The van der Waals surface area contributed by atoms with Gasteiger partial charge in [-0.1, -0.05) is 13.8 Å². The van der Waals surface area contributed by atoms with Gasteiger partial charge in [-0.3, -0.25) is 4.79 Å². The van der Waals surface area contributed by atoms with E-state index in [1.54, 1.807) is 12.1 Å². The Labute approximate surface area is 110 Å². The Hall–Kier alpha value is -1.62. The van der Waals surface area contributed by atoms with Crippen LogP contribution >= 0.6 is 11.3 Å². The third-order valence-electron chi connectivity index (χ3n) is 2.60. The van der Waals surface area contributed by atoms with Crippen LogP contribution in [0.4, 0.5) is 0 Å². The molecule has 0 fully saturated rings. The first-order valence-electron chi connectivity index (χ1n) is 5.72. The van der Waals surface area contributed by atoms with Crippen molar-refractivity contribution in [2.45, 2.75) is 26.8 Å². The second-order valence-electron chi connectivity index (χ2n) is 4.38. The smallest absolute Gasteiger partial charge is 0.328 e. The number of thiophene rings is 1. The molecule has 1 aromatic rings. The van der Waals surface area contributed by atoms with E-state index in [0.717, 1.165) is 11.0 Å². The lowest BCUT2D eigenvalue weighted by atomic mass is 10.1. The van der Waals surface area contributed by atoms with E-state index in [2.05, 4.69) is 5.32 Å². The van der Waals surface area contributed by atoms with Crippen LogP contribution < -0.4 is 5.32 Å². The molecule has 1 aromatic heterocycles. The molecule has 0 spiro atoms. The van der Waals surface area contributed by atoms with Crippen LogP contribution in [0.2, 0.25) is 0 Å². The van der Waals surface area contributed by atoms with Gasteiger partial charge in [-0.15, -0.1) is 11.3 Å². The summed E-state index contributed by atoms with van der Waals surface area (Å²) in [6.45, 7) is 6.04. The van der Waals surface area contributed by atoms with Crippen LogP contribution in [0.1, 0.15) is 35.3 Å². The van der Waals surface area contributed by atoms with Crippen molar-refractivity contribution >= 4 is 29.3 Å². The Balaban J connectivity index is 2.68. The molecule has 1 amide bonds. The monoisotopic (exact) mass is 267 g/mol. The summed E-state index contributed by atoms with van der Waals surface area (Å²) in [5.41, 5.74) is 0. The van der Waals surface area contributed by atoms with Gasteiger partial charge in [-0.2, -0.15) is 0 Å². The van der Waals surface area contributed by atoms with Gasteiger partial charge in [0.15, 0.2) is 0 Å². The normalized spacial score (nSPS) is 12.9. The number of hydrogen-bond donors (Lipinski definition) is 2. The third kappa shape index (κ3) is 4.33. The van der Waals surface area contributed by atoms with Crippen molar-refractivity contribution in [1.82, 2.24) is 5.32 Å². The standard InChI is InChI=1S/C13H17NO3S/c1-8(2)9(3)14-13(17)11-6-4-10(18-11)5-7-12(15)16/h4-9H,1-3H3,(H,14,17)(H,15,16)/b7-5+. The fraction of sp³-hybridized carbons (Fsp3) is 0.385. The summed E-state index contributed by atoms with van der Waals surface area (Å²) >= 11 is 1.27. The number of carbonyl (C=O) groups excluding carboxylic acids is 1.